The molecule has 4 nitrogen and oxygen atoms in total. The van der Waals surface area contributed by atoms with Crippen molar-refractivity contribution in [1.82, 2.24) is 0 Å². The van der Waals surface area contributed by atoms with Gasteiger partial charge in [0.15, 0.2) is 0 Å². The van der Waals surface area contributed by atoms with Crippen molar-refractivity contribution in [2.45, 2.75) is 39.5 Å². The molecule has 0 unspecified atom stereocenters. The number of esters is 2. The maximum Gasteiger partial charge on any atom is 0.309 e. The number of rotatable bonds is 9. The first-order chi connectivity index (χ1) is 8.70. The molecule has 102 valence electrons. The maximum atomic E-state index is 11.0. The van der Waals surface area contributed by atoms with Crippen molar-refractivity contribution in [2.75, 3.05) is 13.2 Å². The van der Waals surface area contributed by atoms with Gasteiger partial charge in [0.05, 0.1) is 26.1 Å². The minimum absolute atomic E-state index is 0.202. The van der Waals surface area contributed by atoms with Crippen LogP contribution in [0.5, 0.6) is 0 Å². The fraction of sp³-hybridized carbons (Fsp3) is 0.571. The largest absolute Gasteiger partial charge is 0.466 e. The van der Waals surface area contributed by atoms with Gasteiger partial charge in [-0.05, 0) is 26.7 Å². The molecule has 0 saturated heterocycles. The molecule has 0 aromatic carbocycles. The Bertz CT molecular complexity index is 262. The molecule has 0 aromatic heterocycles. The normalized spacial score (nSPS) is 11.0. The molecule has 0 atom stereocenters. The highest BCUT2D eigenvalue weighted by molar-refractivity contribution is 5.71. The van der Waals surface area contributed by atoms with Crippen LogP contribution in [0.15, 0.2) is 24.3 Å². The monoisotopic (exact) mass is 254 g/mol. The van der Waals surface area contributed by atoms with E-state index in [9.17, 15) is 9.59 Å². The highest BCUT2D eigenvalue weighted by atomic mass is 16.5. The Morgan fingerprint density at radius 3 is 1.50 bits per heavy atom. The lowest BCUT2D eigenvalue weighted by atomic mass is 10.2. The lowest BCUT2D eigenvalue weighted by Gasteiger charge is -1.96. The molecule has 0 N–H and O–H groups in total. The summed E-state index contributed by atoms with van der Waals surface area (Å²) in [5.74, 6) is -0.404. The van der Waals surface area contributed by atoms with Crippen molar-refractivity contribution >= 4 is 11.9 Å². The maximum absolute atomic E-state index is 11.0. The fourth-order valence-corrected chi connectivity index (χ4v) is 1.23. The highest BCUT2D eigenvalue weighted by Crippen LogP contribution is 1.97. The first-order valence-electron chi connectivity index (χ1n) is 6.31. The highest BCUT2D eigenvalue weighted by Gasteiger charge is 1.96. The smallest absolute Gasteiger partial charge is 0.309 e. The number of ether oxygens (including phenoxy) is 2. The summed E-state index contributed by atoms with van der Waals surface area (Å²) in [5, 5.41) is 0. The summed E-state index contributed by atoms with van der Waals surface area (Å²) in [6, 6.07) is 0. The summed E-state index contributed by atoms with van der Waals surface area (Å²) >= 11 is 0. The van der Waals surface area contributed by atoms with Crippen LogP contribution < -0.4 is 0 Å². The van der Waals surface area contributed by atoms with E-state index < -0.39 is 0 Å². The molecule has 0 bridgehead atoms. The van der Waals surface area contributed by atoms with Crippen LogP contribution in [0.3, 0.4) is 0 Å². The Labute approximate surface area is 109 Å². The van der Waals surface area contributed by atoms with E-state index in [1.54, 1.807) is 26.0 Å². The van der Waals surface area contributed by atoms with Gasteiger partial charge in [0, 0.05) is 0 Å². The molecule has 0 aliphatic rings. The van der Waals surface area contributed by atoms with Crippen LogP contribution in [0, 0.1) is 0 Å². The minimum atomic E-state index is -0.202. The molecule has 0 rings (SSSR count). The van der Waals surface area contributed by atoms with Crippen LogP contribution >= 0.6 is 0 Å². The zero-order chi connectivity index (χ0) is 13.6. The van der Waals surface area contributed by atoms with Crippen LogP contribution in [0.25, 0.3) is 0 Å². The summed E-state index contributed by atoms with van der Waals surface area (Å²) in [5.41, 5.74) is 0. The van der Waals surface area contributed by atoms with Gasteiger partial charge < -0.3 is 9.47 Å². The Morgan fingerprint density at radius 1 is 0.778 bits per heavy atom. The van der Waals surface area contributed by atoms with Crippen molar-refractivity contribution in [3.05, 3.63) is 24.3 Å². The molecule has 0 radical (unpaired) electrons. The Balaban J connectivity index is 3.49. The average molecular weight is 254 g/mol. The van der Waals surface area contributed by atoms with Crippen LogP contribution in [0.2, 0.25) is 0 Å². The van der Waals surface area contributed by atoms with Gasteiger partial charge >= 0.3 is 11.9 Å². The van der Waals surface area contributed by atoms with Gasteiger partial charge in [-0.25, -0.2) is 0 Å². The van der Waals surface area contributed by atoms with Crippen LogP contribution in [-0.4, -0.2) is 25.2 Å². The standard InChI is InChI=1S/C14H22O4/c1-3-17-13(15)11-9-7-5-6-8-10-12-14(16)18-4-2/h7-10H,3-6,11-12H2,1-2H3. The number of carbonyl (C=O) groups is 2. The average Bonchev–Trinajstić information content (AvgIpc) is 2.33. The van der Waals surface area contributed by atoms with E-state index in [0.29, 0.717) is 26.1 Å². The Morgan fingerprint density at radius 2 is 1.17 bits per heavy atom. The fourth-order valence-electron chi connectivity index (χ4n) is 1.23. The third-order valence-corrected chi connectivity index (χ3v) is 2.01. The van der Waals surface area contributed by atoms with Crippen molar-refractivity contribution in [2.24, 2.45) is 0 Å². The first-order valence-corrected chi connectivity index (χ1v) is 6.31. The number of unbranched alkanes of at least 4 members (excludes halogenated alkanes) is 1. The second kappa shape index (κ2) is 11.9. The van der Waals surface area contributed by atoms with Gasteiger partial charge in [0.2, 0.25) is 0 Å². The van der Waals surface area contributed by atoms with E-state index in [2.05, 4.69) is 0 Å². The van der Waals surface area contributed by atoms with E-state index in [1.807, 2.05) is 12.2 Å². The topological polar surface area (TPSA) is 52.6 Å². The Hall–Kier alpha value is -1.58. The second-order valence-electron chi connectivity index (χ2n) is 3.54. The van der Waals surface area contributed by atoms with Gasteiger partial charge in [-0.1, -0.05) is 24.3 Å². The molecule has 0 aliphatic carbocycles. The molecule has 4 heteroatoms. The van der Waals surface area contributed by atoms with Crippen molar-refractivity contribution in [3.8, 4) is 0 Å². The summed E-state index contributed by atoms with van der Waals surface area (Å²) < 4.78 is 9.56. The van der Waals surface area contributed by atoms with Crippen LogP contribution in [0.1, 0.15) is 39.5 Å². The van der Waals surface area contributed by atoms with Crippen molar-refractivity contribution in [3.63, 3.8) is 0 Å². The number of hydrogen-bond donors (Lipinski definition) is 0. The Kier molecular flexibility index (Phi) is 10.8. The quantitative estimate of drug-likeness (QED) is 0.360. The molecule has 0 fully saturated rings. The predicted molar refractivity (Wildman–Crippen MR) is 70.0 cm³/mol. The molecule has 0 amide bonds. The van der Waals surface area contributed by atoms with Crippen molar-refractivity contribution < 1.29 is 19.1 Å². The number of carbonyl (C=O) groups excluding carboxylic acids is 2. The number of allylic oxidation sites excluding steroid dienone is 2. The molecule has 0 aromatic rings. The van der Waals surface area contributed by atoms with Crippen LogP contribution in [0.4, 0.5) is 0 Å². The van der Waals surface area contributed by atoms with Gasteiger partial charge in [-0.3, -0.25) is 9.59 Å². The van der Waals surface area contributed by atoms with E-state index in [0.717, 1.165) is 12.8 Å². The zero-order valence-electron chi connectivity index (χ0n) is 11.2. The summed E-state index contributed by atoms with van der Waals surface area (Å²) in [4.78, 5) is 22.0. The molecule has 0 aliphatic heterocycles. The molecular formula is C14H22O4. The molecule has 18 heavy (non-hydrogen) atoms. The molecule has 0 saturated carbocycles. The van der Waals surface area contributed by atoms with Crippen molar-refractivity contribution in [1.29, 1.82) is 0 Å². The summed E-state index contributed by atoms with van der Waals surface area (Å²) in [6.07, 6.45) is 9.81. The van der Waals surface area contributed by atoms with E-state index in [1.165, 1.54) is 0 Å². The molecule has 0 spiro atoms. The lowest BCUT2D eigenvalue weighted by Crippen LogP contribution is -2.01. The summed E-state index contributed by atoms with van der Waals surface area (Å²) in [7, 11) is 0. The van der Waals surface area contributed by atoms with Gasteiger partial charge in [0.1, 0.15) is 0 Å². The van der Waals surface area contributed by atoms with E-state index in [-0.39, 0.29) is 11.9 Å². The van der Waals surface area contributed by atoms with E-state index >= 15 is 0 Å². The predicted octanol–water partition coefficient (Wildman–Crippen LogP) is 2.79. The molecular weight excluding hydrogens is 232 g/mol. The minimum Gasteiger partial charge on any atom is -0.466 e. The van der Waals surface area contributed by atoms with E-state index in [4.69, 9.17) is 9.47 Å². The first kappa shape index (κ1) is 16.4. The SMILES string of the molecule is CCOC(=O)CC=CCCC=CCC(=O)OCC. The van der Waals surface area contributed by atoms with Gasteiger partial charge in [-0.15, -0.1) is 0 Å². The van der Waals surface area contributed by atoms with Gasteiger partial charge in [-0.2, -0.15) is 0 Å². The molecule has 0 heterocycles. The second-order valence-corrected chi connectivity index (χ2v) is 3.54. The lowest BCUT2D eigenvalue weighted by molar-refractivity contribution is -0.143. The third-order valence-electron chi connectivity index (χ3n) is 2.01. The summed E-state index contributed by atoms with van der Waals surface area (Å²) in [6.45, 7) is 4.42. The third kappa shape index (κ3) is 10.9. The number of hydrogen-bond acceptors (Lipinski definition) is 4. The zero-order valence-corrected chi connectivity index (χ0v) is 11.2. The van der Waals surface area contributed by atoms with Crippen LogP contribution in [-0.2, 0) is 19.1 Å². The van der Waals surface area contributed by atoms with Gasteiger partial charge in [0.25, 0.3) is 0 Å².